The van der Waals surface area contributed by atoms with Crippen molar-refractivity contribution in [2.45, 2.75) is 0 Å². The van der Waals surface area contributed by atoms with Gasteiger partial charge in [0.25, 0.3) is 0 Å². The van der Waals surface area contributed by atoms with E-state index < -0.39 is 0 Å². The molecule has 40 heavy (non-hydrogen) atoms. The Labute approximate surface area is 231 Å². The minimum Gasteiger partial charge on any atom is -0.458 e. The van der Waals surface area contributed by atoms with Crippen LogP contribution < -0.4 is 20.5 Å². The summed E-state index contributed by atoms with van der Waals surface area (Å²) < 4.78 is 12.7. The smallest absolute Gasteiger partial charge is 0.337 e. The van der Waals surface area contributed by atoms with Crippen LogP contribution in [0.25, 0.3) is 55.3 Å². The van der Waals surface area contributed by atoms with Crippen LogP contribution in [0.5, 0.6) is 11.5 Å². The van der Waals surface area contributed by atoms with Gasteiger partial charge in [-0.05, 0) is 70.8 Å². The number of nitrogens with zero attached hydrogens (tertiary/aromatic N) is 1. The summed E-state index contributed by atoms with van der Waals surface area (Å²) in [6, 6.07) is 43.4. The lowest BCUT2D eigenvalue weighted by molar-refractivity contribution is 0.487. The van der Waals surface area contributed by atoms with Crippen LogP contribution in [0.2, 0.25) is 0 Å². The van der Waals surface area contributed by atoms with Crippen LogP contribution in [-0.4, -0.2) is 6.85 Å². The Morgan fingerprint density at radius 1 is 0.475 bits per heavy atom. The van der Waals surface area contributed by atoms with Crippen LogP contribution in [0, 0.1) is 0 Å². The zero-order valence-electron chi connectivity index (χ0n) is 21.4. The highest BCUT2D eigenvalue weighted by Gasteiger charge is 2.47. The summed E-state index contributed by atoms with van der Waals surface area (Å²) in [7, 11) is 0. The molecule has 0 aliphatic carbocycles. The number of ether oxygens (including phenoxy) is 1. The molecule has 4 heteroatoms. The van der Waals surface area contributed by atoms with Crippen molar-refractivity contribution < 1.29 is 9.15 Å². The van der Waals surface area contributed by atoms with E-state index in [0.29, 0.717) is 0 Å². The molecule has 3 aliphatic heterocycles. The molecule has 1 aromatic heterocycles. The van der Waals surface area contributed by atoms with Crippen molar-refractivity contribution in [1.82, 2.24) is 0 Å². The molecule has 0 bridgehead atoms. The summed E-state index contributed by atoms with van der Waals surface area (Å²) in [4.78, 5) is 2.53. The van der Waals surface area contributed by atoms with E-state index in [-0.39, 0.29) is 6.85 Å². The summed E-state index contributed by atoms with van der Waals surface area (Å²) in [5, 5.41) is 2.29. The predicted octanol–water partition coefficient (Wildman–Crippen LogP) is 8.26. The van der Waals surface area contributed by atoms with Crippen LogP contribution in [0.15, 0.2) is 126 Å². The molecule has 3 aliphatic rings. The molecule has 7 aromatic rings. The monoisotopic (exact) mass is 509 g/mol. The Hall–Kier alpha value is -5.22. The van der Waals surface area contributed by atoms with E-state index in [4.69, 9.17) is 9.15 Å². The van der Waals surface area contributed by atoms with Gasteiger partial charge >= 0.3 is 6.85 Å². The predicted molar refractivity (Wildman–Crippen MR) is 164 cm³/mol. The topological polar surface area (TPSA) is 25.6 Å². The second-order valence-electron chi connectivity index (χ2n) is 10.9. The quantitative estimate of drug-likeness (QED) is 0.208. The third-order valence-corrected chi connectivity index (χ3v) is 8.87. The van der Waals surface area contributed by atoms with Crippen molar-refractivity contribution in [3.8, 4) is 44.9 Å². The summed E-state index contributed by atoms with van der Waals surface area (Å²) in [5.74, 6) is 1.89. The van der Waals surface area contributed by atoms with Crippen molar-refractivity contribution >= 4 is 51.1 Å². The fourth-order valence-corrected chi connectivity index (χ4v) is 7.19. The Morgan fingerprint density at radius 2 is 1.12 bits per heavy atom. The zero-order valence-corrected chi connectivity index (χ0v) is 21.4. The first-order chi connectivity index (χ1) is 19.8. The summed E-state index contributed by atoms with van der Waals surface area (Å²) >= 11 is 0. The molecule has 0 radical (unpaired) electrons. The van der Waals surface area contributed by atoms with Crippen LogP contribution in [-0.2, 0) is 0 Å². The third kappa shape index (κ3) is 2.51. The van der Waals surface area contributed by atoms with Gasteiger partial charge < -0.3 is 14.0 Å². The highest BCUT2D eigenvalue weighted by Crippen LogP contribution is 2.50. The molecular weight excluding hydrogens is 489 g/mol. The molecule has 4 heterocycles. The molecule has 0 amide bonds. The molecule has 0 atom stereocenters. The number of hydrogen-bond donors (Lipinski definition) is 0. The van der Waals surface area contributed by atoms with Gasteiger partial charge in [0.2, 0.25) is 0 Å². The van der Waals surface area contributed by atoms with E-state index in [0.717, 1.165) is 33.4 Å². The Balaban J connectivity index is 1.24. The van der Waals surface area contributed by atoms with Crippen molar-refractivity contribution in [2.24, 2.45) is 0 Å². The van der Waals surface area contributed by atoms with Crippen LogP contribution in [0.4, 0.5) is 11.4 Å². The second-order valence-corrected chi connectivity index (χ2v) is 10.9. The number of furan rings is 1. The molecule has 0 N–H and O–H groups in total. The van der Waals surface area contributed by atoms with Gasteiger partial charge in [0.1, 0.15) is 22.7 Å². The molecule has 0 fully saturated rings. The van der Waals surface area contributed by atoms with E-state index in [9.17, 15) is 0 Å². The lowest BCUT2D eigenvalue weighted by Crippen LogP contribution is -2.61. The minimum atomic E-state index is 0.0769. The van der Waals surface area contributed by atoms with Crippen molar-refractivity contribution in [3.63, 3.8) is 0 Å². The first-order valence-electron chi connectivity index (χ1n) is 13.7. The largest absolute Gasteiger partial charge is 0.458 e. The number of para-hydroxylation sites is 2. The third-order valence-electron chi connectivity index (χ3n) is 8.87. The molecular formula is C36H20BNO2. The van der Waals surface area contributed by atoms with E-state index in [1.54, 1.807) is 0 Å². The molecule has 6 aromatic carbocycles. The van der Waals surface area contributed by atoms with Gasteiger partial charge in [0, 0.05) is 44.2 Å². The molecule has 0 saturated carbocycles. The SMILES string of the molecule is c1ccc2c(c1)-c1cccc3c1B1c4c(cccc4-c4cc(-c5ccc6oc7ccccc7c6c5)ccc4N12)O3. The molecule has 0 unspecified atom stereocenters. The minimum absolute atomic E-state index is 0.0769. The van der Waals surface area contributed by atoms with Crippen molar-refractivity contribution in [3.05, 3.63) is 121 Å². The van der Waals surface area contributed by atoms with E-state index in [1.807, 2.05) is 12.1 Å². The maximum Gasteiger partial charge on any atom is 0.337 e. The van der Waals surface area contributed by atoms with Crippen LogP contribution >= 0.6 is 0 Å². The van der Waals surface area contributed by atoms with Gasteiger partial charge in [-0.15, -0.1) is 0 Å². The molecule has 0 saturated heterocycles. The normalized spacial score (nSPS) is 13.6. The first-order valence-corrected chi connectivity index (χ1v) is 13.7. The van der Waals surface area contributed by atoms with Crippen LogP contribution in [0.1, 0.15) is 0 Å². The van der Waals surface area contributed by atoms with E-state index in [1.165, 1.54) is 55.7 Å². The Morgan fingerprint density at radius 3 is 2.00 bits per heavy atom. The lowest BCUT2D eigenvalue weighted by atomic mass is 9.42. The Kier molecular flexibility index (Phi) is 3.75. The fraction of sp³-hybridized carbons (Fsp3) is 0. The van der Waals surface area contributed by atoms with E-state index in [2.05, 4.69) is 114 Å². The Bertz CT molecular complexity index is 2230. The van der Waals surface area contributed by atoms with Crippen LogP contribution in [0.3, 0.4) is 0 Å². The number of benzene rings is 6. The highest BCUT2D eigenvalue weighted by molar-refractivity contribution is 6.94. The van der Waals surface area contributed by atoms with Gasteiger partial charge in [0.15, 0.2) is 0 Å². The second kappa shape index (κ2) is 7.25. The van der Waals surface area contributed by atoms with Gasteiger partial charge in [-0.25, -0.2) is 0 Å². The zero-order chi connectivity index (χ0) is 25.9. The van der Waals surface area contributed by atoms with Gasteiger partial charge in [-0.3, -0.25) is 0 Å². The number of anilines is 2. The average Bonchev–Trinajstić information content (AvgIpc) is 3.39. The molecule has 3 nitrogen and oxygen atoms in total. The lowest BCUT2D eigenvalue weighted by Gasteiger charge is -2.46. The average molecular weight is 509 g/mol. The van der Waals surface area contributed by atoms with Gasteiger partial charge in [-0.2, -0.15) is 0 Å². The molecule has 10 rings (SSSR count). The number of hydrogen-bond acceptors (Lipinski definition) is 3. The maximum absolute atomic E-state index is 6.58. The summed E-state index contributed by atoms with van der Waals surface area (Å²) in [6.45, 7) is 0.0769. The summed E-state index contributed by atoms with van der Waals surface area (Å²) in [6.07, 6.45) is 0. The maximum atomic E-state index is 6.58. The first kappa shape index (κ1) is 20.7. The van der Waals surface area contributed by atoms with E-state index >= 15 is 0 Å². The van der Waals surface area contributed by atoms with Gasteiger partial charge in [0.05, 0.1) is 0 Å². The number of fused-ring (bicyclic) bond motifs is 9. The number of rotatable bonds is 1. The van der Waals surface area contributed by atoms with Gasteiger partial charge in [-0.1, -0.05) is 72.8 Å². The molecule has 184 valence electrons. The highest BCUT2D eigenvalue weighted by atomic mass is 16.5. The molecule has 0 spiro atoms. The standard InChI is InChI=1S/C36H20BNO2/c1-3-11-29-23(7-1)25-9-5-13-33-35(25)37-36-26(10-6-14-34(36)40-33)27-19-21(15-17-30(27)38(29)37)22-16-18-32-28(20-22)24-8-2-4-12-31(24)39-32/h1-20H. The summed E-state index contributed by atoms with van der Waals surface area (Å²) in [5.41, 5.74) is 14.1. The fourth-order valence-electron chi connectivity index (χ4n) is 7.19. The van der Waals surface area contributed by atoms with Crippen molar-refractivity contribution in [1.29, 1.82) is 0 Å². The van der Waals surface area contributed by atoms with Crippen molar-refractivity contribution in [2.75, 3.05) is 4.81 Å².